The average Bonchev–Trinajstić information content (AvgIpc) is 1.72. The number of methoxy groups -OCH3 is 1. The fraction of sp³-hybridized carbons (Fsp3) is 0.365. The van der Waals surface area contributed by atoms with E-state index >= 15 is 0 Å². The van der Waals surface area contributed by atoms with Crippen molar-refractivity contribution in [1.29, 1.82) is 0 Å². The van der Waals surface area contributed by atoms with E-state index in [1.165, 1.54) is 112 Å². The van der Waals surface area contributed by atoms with Crippen LogP contribution < -0.4 is 4.74 Å². The molecule has 21 nitrogen and oxygen atoms in total. The lowest BCUT2D eigenvalue weighted by Crippen LogP contribution is -2.36. The van der Waals surface area contributed by atoms with Gasteiger partial charge in [0.15, 0.2) is 35.4 Å². The first kappa shape index (κ1) is 84.2. The summed E-state index contributed by atoms with van der Waals surface area (Å²) in [5.41, 5.74) is 30.5. The molecule has 6 atom stereocenters. The number of aliphatic imine (C=N–C) groups is 6. The van der Waals surface area contributed by atoms with E-state index < -0.39 is 0 Å². The Bertz CT molecular complexity index is 5940. The molecule has 12 aromatic rings. The van der Waals surface area contributed by atoms with Crippen molar-refractivity contribution < 1.29 is 42.7 Å². The highest BCUT2D eigenvalue weighted by Gasteiger charge is 2.46. The summed E-state index contributed by atoms with van der Waals surface area (Å²) < 4.78 is 44.6. The number of ether oxygens (including phenoxy) is 7. The van der Waals surface area contributed by atoms with Gasteiger partial charge < -0.3 is 42.7 Å². The fourth-order valence-electron chi connectivity index (χ4n) is 21.1. The van der Waals surface area contributed by atoms with E-state index in [1.54, 1.807) is 54.8 Å². The minimum Gasteiger partial charge on any atom is -0.508 e. The van der Waals surface area contributed by atoms with E-state index in [9.17, 15) is 5.11 Å². The standard InChI is InChI=1S/C18H19N3O2.C18H19N3O.C17H17N3O2.C17H17NO2.2C17H17NOS/c1-12-21-18(10-23-12)6-5-15-14(13-8-19-11-20-9-13)3-4-17(22-2)16(15)7-18;1-2-17-21-18(11-22-17)7-6-16-13(8-18)4-3-5-15(16)14-9-19-12-20-10-14;1-11-20-17(9-22-11)5-4-14-13(12-7-18-10-19-8-12)2-3-16(21)15(14)6-17;1-12-18-17(11-20-12)7-5-16-13(9-17)3-2-4-15(16)14-6-8-19-10-14;2*1-12-18-17(11-19-12)7-5-16-13(9-17)3-2-4-15(16)14-6-8-20-10-14/h3-4,8-9,11H,5-7,10H2,1-2H3;3-5,9-10,12H,2,6-8,11H2,1H3;2-3,7-8,10,21H,4-6,9H2,1H3;3*2-4,6,8,10H,5,7,9,11H2,1H3/t;;;3*17-/m...010/s1. The Hall–Kier alpha value is -12.3. The smallest absolute Gasteiger partial charge is 0.183 e. The zero-order chi connectivity index (χ0) is 86.8. The SMILES string of the molecule is CC1=NC2(CCc3c(-c4cncnc4)ccc(O)c3C2)CO1.CC1=N[C@@]2(CCc3c(cccc3-c3ccsc3)C2)CO1.CC1=N[C@]2(CCc3c(cccc3-c3ccoc3)C2)CO1.CC1=N[C@]2(CCc3c(cccc3-c3ccsc3)C2)CO1.CCC1=NC2(CCc3c(cccc3-c3cncnc3)C2)CO1.COc1ccc(-c2cncnc2)c2c1CC1(CC2)COC(C)=N1. The normalized spacial score (nSPS) is 23.6. The second-order valence-electron chi connectivity index (χ2n) is 35.7. The number of benzene rings is 6. The van der Waals surface area contributed by atoms with Gasteiger partial charge >= 0.3 is 0 Å². The molecule has 3 unspecified atom stereocenters. The summed E-state index contributed by atoms with van der Waals surface area (Å²) in [6.45, 7) is 16.0. The number of aromatic nitrogens is 6. The minimum absolute atomic E-state index is 0.00432. The molecule has 12 heterocycles. The highest BCUT2D eigenvalue weighted by Crippen LogP contribution is 2.48. The van der Waals surface area contributed by atoms with Crippen LogP contribution in [0.3, 0.4) is 0 Å². The van der Waals surface area contributed by atoms with Gasteiger partial charge in [-0.1, -0.05) is 91.9 Å². The van der Waals surface area contributed by atoms with Crippen molar-refractivity contribution >= 4 is 58.1 Å². The third kappa shape index (κ3) is 17.7. The Labute approximate surface area is 749 Å². The number of phenols is 1. The first-order chi connectivity index (χ1) is 61.9. The molecule has 648 valence electrons. The third-order valence-corrected chi connectivity index (χ3v) is 28.6. The van der Waals surface area contributed by atoms with Crippen LogP contribution in [0.1, 0.15) is 153 Å². The van der Waals surface area contributed by atoms with Gasteiger partial charge in [0.25, 0.3) is 0 Å². The van der Waals surface area contributed by atoms with Crippen molar-refractivity contribution in [1.82, 2.24) is 29.9 Å². The highest BCUT2D eigenvalue weighted by molar-refractivity contribution is 7.08. The molecule has 0 radical (unpaired) electrons. The third-order valence-electron chi connectivity index (χ3n) is 27.2. The lowest BCUT2D eigenvalue weighted by atomic mass is 9.76. The van der Waals surface area contributed by atoms with Crippen LogP contribution in [0.5, 0.6) is 11.5 Å². The molecule has 6 spiro atoms. The van der Waals surface area contributed by atoms with Crippen molar-refractivity contribution in [2.24, 2.45) is 30.0 Å². The molecule has 6 aliphatic heterocycles. The molecule has 127 heavy (non-hydrogen) atoms. The summed E-state index contributed by atoms with van der Waals surface area (Å²) >= 11 is 3.52. The number of furan rings is 1. The van der Waals surface area contributed by atoms with Gasteiger partial charge in [-0.15, -0.1) is 0 Å². The Morgan fingerprint density at radius 2 is 0.669 bits per heavy atom. The number of phenolic OH excluding ortho intramolecular Hbond substituents is 1. The van der Waals surface area contributed by atoms with Crippen molar-refractivity contribution in [3.63, 3.8) is 0 Å². The molecule has 6 aromatic carbocycles. The van der Waals surface area contributed by atoms with Gasteiger partial charge in [-0.3, -0.25) is 0 Å². The monoisotopic (exact) mass is 1730 g/mol. The molecule has 6 aliphatic carbocycles. The molecule has 0 saturated heterocycles. The second kappa shape index (κ2) is 35.8. The van der Waals surface area contributed by atoms with E-state index in [2.05, 4.69) is 154 Å². The van der Waals surface area contributed by atoms with Crippen molar-refractivity contribution in [3.05, 3.63) is 272 Å². The number of fused-ring (bicyclic) bond motifs is 6. The molecule has 23 heteroatoms. The first-order valence-electron chi connectivity index (χ1n) is 44.4. The number of nitrogens with zero attached hydrogens (tertiary/aromatic N) is 12. The van der Waals surface area contributed by atoms with E-state index in [-0.39, 0.29) is 33.2 Å². The summed E-state index contributed by atoms with van der Waals surface area (Å²) in [6.07, 6.45) is 38.1. The maximum absolute atomic E-state index is 10.3. The van der Waals surface area contributed by atoms with Gasteiger partial charge in [0.2, 0.25) is 0 Å². The van der Waals surface area contributed by atoms with E-state index in [1.807, 2.05) is 96.3 Å². The molecule has 24 rings (SSSR count). The maximum atomic E-state index is 10.3. The first-order valence-corrected chi connectivity index (χ1v) is 46.3. The number of thiophene rings is 2. The van der Waals surface area contributed by atoms with Crippen LogP contribution in [0.2, 0.25) is 0 Å². The van der Waals surface area contributed by atoms with E-state index in [4.69, 9.17) is 62.5 Å². The lowest BCUT2D eigenvalue weighted by molar-refractivity contribution is 0.234. The topological polar surface area (TPSA) is 249 Å². The molecule has 0 fully saturated rings. The predicted molar refractivity (Wildman–Crippen MR) is 502 cm³/mol. The molecule has 0 bridgehead atoms. The molecular formula is C104H106N12O9S2. The van der Waals surface area contributed by atoms with Crippen LogP contribution in [0.15, 0.2) is 240 Å². The minimum atomic E-state index is -0.208. The van der Waals surface area contributed by atoms with Crippen molar-refractivity contribution in [2.45, 2.75) is 197 Å². The number of aromatic hydroxyl groups is 1. The second-order valence-corrected chi connectivity index (χ2v) is 37.3. The lowest BCUT2D eigenvalue weighted by Gasteiger charge is -2.32. The highest BCUT2D eigenvalue weighted by atomic mass is 32.1. The molecule has 6 aromatic heterocycles. The maximum Gasteiger partial charge on any atom is 0.183 e. The van der Waals surface area contributed by atoms with Crippen LogP contribution in [-0.4, -0.2) is 150 Å². The Kier molecular flexibility index (Phi) is 23.7. The average molecular weight is 1730 g/mol. The summed E-state index contributed by atoms with van der Waals surface area (Å²) in [5.74, 6) is 6.25. The predicted octanol–water partition coefficient (Wildman–Crippen LogP) is 20.4. The van der Waals surface area contributed by atoms with E-state index in [0.717, 1.165) is 211 Å². The molecule has 1 N–H and O–H groups in total. The van der Waals surface area contributed by atoms with Crippen LogP contribution >= 0.6 is 22.7 Å². The number of rotatable bonds is 8. The summed E-state index contributed by atoms with van der Waals surface area (Å²) in [7, 11) is 1.72. The van der Waals surface area contributed by atoms with Gasteiger partial charge in [0.05, 0.1) is 19.6 Å². The molecule has 0 amide bonds. The Balaban J connectivity index is 0.0000000994. The van der Waals surface area contributed by atoms with Gasteiger partial charge in [-0.05, 0) is 229 Å². The zero-order valence-corrected chi connectivity index (χ0v) is 74.8. The van der Waals surface area contributed by atoms with Crippen LogP contribution in [0.25, 0.3) is 66.8 Å². The summed E-state index contributed by atoms with van der Waals surface area (Å²) in [5, 5.41) is 19.1. The molecular weight excluding hydrogens is 1630 g/mol. The fourth-order valence-corrected chi connectivity index (χ4v) is 22.4. The summed E-state index contributed by atoms with van der Waals surface area (Å²) in [6, 6.07) is 40.7. The Morgan fingerprint density at radius 3 is 1.01 bits per heavy atom. The summed E-state index contributed by atoms with van der Waals surface area (Å²) in [4.78, 5) is 53.4. The van der Waals surface area contributed by atoms with Crippen molar-refractivity contribution in [2.75, 3.05) is 46.8 Å². The van der Waals surface area contributed by atoms with Crippen molar-refractivity contribution in [3.8, 4) is 78.3 Å². The molecule has 12 aliphatic rings. The van der Waals surface area contributed by atoms with Gasteiger partial charge in [0.1, 0.15) is 103 Å². The largest absolute Gasteiger partial charge is 0.508 e. The number of hydrogen-bond donors (Lipinski definition) is 1. The van der Waals surface area contributed by atoms with Crippen LogP contribution in [0, 0.1) is 0 Å². The van der Waals surface area contributed by atoms with Gasteiger partial charge in [0, 0.05) is 150 Å². The zero-order valence-electron chi connectivity index (χ0n) is 73.2. The van der Waals surface area contributed by atoms with Crippen LogP contribution in [0.4, 0.5) is 0 Å². The number of hydrogen-bond acceptors (Lipinski definition) is 23. The van der Waals surface area contributed by atoms with Gasteiger partial charge in [-0.2, -0.15) is 22.7 Å². The molecule has 0 saturated carbocycles. The van der Waals surface area contributed by atoms with Gasteiger partial charge in [-0.25, -0.2) is 59.9 Å². The van der Waals surface area contributed by atoms with E-state index in [0.29, 0.717) is 25.4 Å². The quantitative estimate of drug-likeness (QED) is 0.148. The Morgan fingerprint density at radius 1 is 0.339 bits per heavy atom. The van der Waals surface area contributed by atoms with Crippen LogP contribution in [-0.2, 0) is 105 Å².